The minimum Gasteiger partial charge on any atom is -0.507 e. The molecular formula is C30H28N2O7S. The van der Waals surface area contributed by atoms with E-state index in [2.05, 4.69) is 4.98 Å². The van der Waals surface area contributed by atoms with Crippen molar-refractivity contribution in [2.24, 2.45) is 0 Å². The second-order valence-electron chi connectivity index (χ2n) is 8.80. The number of Topliss-reactive ketones (excluding diaryl/α,β-unsaturated/α-hetero) is 1. The third-order valence-electron chi connectivity index (χ3n) is 6.48. The molecule has 9 nitrogen and oxygen atoms in total. The Balaban J connectivity index is 1.70. The van der Waals surface area contributed by atoms with Crippen molar-refractivity contribution in [2.45, 2.75) is 19.9 Å². The van der Waals surface area contributed by atoms with Gasteiger partial charge in [-0.05, 0) is 74.0 Å². The maximum atomic E-state index is 13.6. The van der Waals surface area contributed by atoms with Crippen LogP contribution in [-0.2, 0) is 9.59 Å². The smallest absolute Gasteiger partial charge is 0.301 e. The molecule has 1 amide bonds. The molecule has 0 bridgehead atoms. The Morgan fingerprint density at radius 1 is 0.900 bits per heavy atom. The molecule has 5 rings (SSSR count). The van der Waals surface area contributed by atoms with Crippen molar-refractivity contribution in [3.05, 3.63) is 77.4 Å². The van der Waals surface area contributed by atoms with Crippen molar-refractivity contribution >= 4 is 44.1 Å². The van der Waals surface area contributed by atoms with Gasteiger partial charge in [0.15, 0.2) is 16.6 Å². The number of nitrogens with zero attached hydrogens (tertiary/aromatic N) is 2. The van der Waals surface area contributed by atoms with E-state index < -0.39 is 17.7 Å². The standard InChI is InChI=1S/C30H28N2O7S/c1-5-38-19-10-7-17(8-11-19)27(33)25-26(18-9-14-22(39-6-2)23(15-18)37-4)32(29(35)28(25)34)30-31-21-13-12-20(36-3)16-24(21)40-30/h7-16,26,33H,5-6H2,1-4H3. The Morgan fingerprint density at radius 2 is 1.62 bits per heavy atom. The van der Waals surface area contributed by atoms with Crippen molar-refractivity contribution in [3.8, 4) is 23.0 Å². The normalized spacial score (nSPS) is 16.4. The fourth-order valence-electron chi connectivity index (χ4n) is 4.63. The predicted octanol–water partition coefficient (Wildman–Crippen LogP) is 5.74. The number of rotatable bonds is 9. The van der Waals surface area contributed by atoms with E-state index in [1.54, 1.807) is 61.7 Å². The number of thiazole rings is 1. The number of carbonyl (C=O) groups excluding carboxylic acids is 2. The summed E-state index contributed by atoms with van der Waals surface area (Å²) in [5.74, 6) is 0.302. The fourth-order valence-corrected chi connectivity index (χ4v) is 5.65. The van der Waals surface area contributed by atoms with Gasteiger partial charge in [0.1, 0.15) is 17.3 Å². The molecule has 1 aromatic heterocycles. The van der Waals surface area contributed by atoms with Crippen LogP contribution in [-0.4, -0.2) is 49.2 Å². The monoisotopic (exact) mass is 560 g/mol. The summed E-state index contributed by atoms with van der Waals surface area (Å²) in [6.45, 7) is 4.66. The highest BCUT2D eigenvalue weighted by atomic mass is 32.1. The summed E-state index contributed by atoms with van der Waals surface area (Å²) < 4.78 is 22.8. The number of hydrogen-bond donors (Lipinski definition) is 1. The highest BCUT2D eigenvalue weighted by Crippen LogP contribution is 2.46. The average Bonchev–Trinajstić information content (AvgIpc) is 3.51. The fraction of sp³-hybridized carbons (Fsp3) is 0.233. The van der Waals surface area contributed by atoms with Crippen LogP contribution in [0.15, 0.2) is 66.2 Å². The Bertz CT molecular complexity index is 1610. The van der Waals surface area contributed by atoms with Crippen LogP contribution in [0.2, 0.25) is 0 Å². The number of fused-ring (bicyclic) bond motifs is 1. The first-order chi connectivity index (χ1) is 19.4. The summed E-state index contributed by atoms with van der Waals surface area (Å²) in [4.78, 5) is 33.1. The van der Waals surface area contributed by atoms with Crippen molar-refractivity contribution in [1.29, 1.82) is 0 Å². The molecule has 40 heavy (non-hydrogen) atoms. The van der Waals surface area contributed by atoms with E-state index in [9.17, 15) is 14.7 Å². The topological polar surface area (TPSA) is 107 Å². The number of hydrogen-bond acceptors (Lipinski definition) is 9. The van der Waals surface area contributed by atoms with Gasteiger partial charge in [-0.1, -0.05) is 17.4 Å². The highest BCUT2D eigenvalue weighted by Gasteiger charge is 2.48. The Hall–Kier alpha value is -4.57. The van der Waals surface area contributed by atoms with Crippen LogP contribution in [0.25, 0.3) is 16.0 Å². The Labute approximate surface area is 235 Å². The molecule has 1 atom stereocenters. The van der Waals surface area contributed by atoms with Gasteiger partial charge in [-0.3, -0.25) is 14.5 Å². The first kappa shape index (κ1) is 27.0. The number of aliphatic hydroxyl groups is 1. The molecule has 10 heteroatoms. The zero-order valence-corrected chi connectivity index (χ0v) is 23.3. The summed E-state index contributed by atoms with van der Waals surface area (Å²) in [5.41, 5.74) is 1.51. The van der Waals surface area contributed by atoms with E-state index >= 15 is 0 Å². The molecule has 1 aliphatic heterocycles. The molecule has 0 aliphatic carbocycles. The second-order valence-corrected chi connectivity index (χ2v) is 9.81. The number of methoxy groups -OCH3 is 2. The third-order valence-corrected chi connectivity index (χ3v) is 7.49. The average molecular weight is 561 g/mol. The number of aromatic nitrogens is 1. The quantitative estimate of drug-likeness (QED) is 0.157. The lowest BCUT2D eigenvalue weighted by Crippen LogP contribution is -2.29. The lowest BCUT2D eigenvalue weighted by atomic mass is 9.95. The van der Waals surface area contributed by atoms with Crippen LogP contribution in [0.4, 0.5) is 5.13 Å². The van der Waals surface area contributed by atoms with E-state index in [1.165, 1.54) is 23.3 Å². The van der Waals surface area contributed by atoms with Gasteiger partial charge in [-0.25, -0.2) is 4.98 Å². The lowest BCUT2D eigenvalue weighted by molar-refractivity contribution is -0.132. The molecule has 1 unspecified atom stereocenters. The Morgan fingerprint density at radius 3 is 2.30 bits per heavy atom. The van der Waals surface area contributed by atoms with Crippen molar-refractivity contribution in [3.63, 3.8) is 0 Å². The van der Waals surface area contributed by atoms with Gasteiger partial charge in [-0.2, -0.15) is 0 Å². The minimum atomic E-state index is -0.974. The van der Waals surface area contributed by atoms with Crippen LogP contribution in [0.3, 0.4) is 0 Å². The van der Waals surface area contributed by atoms with Crippen LogP contribution in [0, 0.1) is 0 Å². The maximum absolute atomic E-state index is 13.6. The van der Waals surface area contributed by atoms with E-state index in [1.807, 2.05) is 19.9 Å². The molecule has 2 heterocycles. The summed E-state index contributed by atoms with van der Waals surface area (Å²) in [7, 11) is 3.08. The highest BCUT2D eigenvalue weighted by molar-refractivity contribution is 7.22. The molecule has 1 fully saturated rings. The zero-order valence-electron chi connectivity index (χ0n) is 22.5. The SMILES string of the molecule is CCOc1ccc(C(O)=C2C(=O)C(=O)N(c3nc4ccc(OC)cc4s3)C2c2ccc(OCC)c(OC)c2)cc1. The zero-order chi connectivity index (χ0) is 28.4. The summed E-state index contributed by atoms with van der Waals surface area (Å²) in [6.07, 6.45) is 0. The molecule has 0 saturated carbocycles. The Kier molecular flexibility index (Phi) is 7.61. The number of carbonyl (C=O) groups is 2. The maximum Gasteiger partial charge on any atom is 0.301 e. The number of ether oxygens (including phenoxy) is 4. The van der Waals surface area contributed by atoms with Crippen LogP contribution < -0.4 is 23.8 Å². The number of anilines is 1. The van der Waals surface area contributed by atoms with Gasteiger partial charge in [0.25, 0.3) is 5.78 Å². The van der Waals surface area contributed by atoms with Gasteiger partial charge in [0.05, 0.1) is 49.3 Å². The summed E-state index contributed by atoms with van der Waals surface area (Å²) >= 11 is 1.25. The van der Waals surface area contributed by atoms with E-state index in [0.29, 0.717) is 58.0 Å². The van der Waals surface area contributed by atoms with E-state index in [-0.39, 0.29) is 11.3 Å². The summed E-state index contributed by atoms with van der Waals surface area (Å²) in [6, 6.07) is 16.3. The number of benzene rings is 3. The molecular weight excluding hydrogens is 532 g/mol. The van der Waals surface area contributed by atoms with Gasteiger partial charge >= 0.3 is 5.91 Å². The molecule has 1 saturated heterocycles. The van der Waals surface area contributed by atoms with Crippen LogP contribution >= 0.6 is 11.3 Å². The number of ketones is 1. The van der Waals surface area contributed by atoms with Crippen molar-refractivity contribution in [1.82, 2.24) is 4.98 Å². The second kappa shape index (κ2) is 11.3. The van der Waals surface area contributed by atoms with Gasteiger partial charge < -0.3 is 24.1 Å². The molecule has 4 aromatic rings. The largest absolute Gasteiger partial charge is 0.507 e. The van der Waals surface area contributed by atoms with Crippen LogP contribution in [0.5, 0.6) is 23.0 Å². The number of aliphatic hydroxyl groups excluding tert-OH is 1. The van der Waals surface area contributed by atoms with Gasteiger partial charge in [0, 0.05) is 5.56 Å². The van der Waals surface area contributed by atoms with E-state index in [0.717, 1.165) is 4.70 Å². The van der Waals surface area contributed by atoms with Crippen molar-refractivity contribution in [2.75, 3.05) is 32.3 Å². The molecule has 3 aromatic carbocycles. The number of amides is 1. The first-order valence-electron chi connectivity index (χ1n) is 12.7. The molecule has 1 aliphatic rings. The predicted molar refractivity (Wildman–Crippen MR) is 153 cm³/mol. The van der Waals surface area contributed by atoms with Crippen LogP contribution in [0.1, 0.15) is 31.0 Å². The summed E-state index contributed by atoms with van der Waals surface area (Å²) in [5, 5.41) is 11.8. The molecule has 206 valence electrons. The first-order valence-corrected chi connectivity index (χ1v) is 13.5. The minimum absolute atomic E-state index is 0.0581. The molecule has 0 radical (unpaired) electrons. The van der Waals surface area contributed by atoms with Crippen molar-refractivity contribution < 1.29 is 33.6 Å². The van der Waals surface area contributed by atoms with Gasteiger partial charge in [0.2, 0.25) is 0 Å². The molecule has 1 N–H and O–H groups in total. The van der Waals surface area contributed by atoms with Gasteiger partial charge in [-0.15, -0.1) is 0 Å². The molecule has 0 spiro atoms. The van der Waals surface area contributed by atoms with E-state index in [4.69, 9.17) is 18.9 Å². The third kappa shape index (κ3) is 4.82. The lowest BCUT2D eigenvalue weighted by Gasteiger charge is -2.24.